The summed E-state index contributed by atoms with van der Waals surface area (Å²) in [5.41, 5.74) is 5.35. The topological polar surface area (TPSA) is 81.7 Å². The second kappa shape index (κ2) is 9.89. The Bertz CT molecular complexity index is 1250. The van der Waals surface area contributed by atoms with Crippen LogP contribution in [0.1, 0.15) is 22.3 Å². The average molecular weight is 460 g/mol. The van der Waals surface area contributed by atoms with Crippen molar-refractivity contribution in [1.29, 1.82) is 0 Å². The third-order valence-electron chi connectivity index (χ3n) is 5.65. The molecule has 174 valence electrons. The number of halogens is 1. The first kappa shape index (κ1) is 23.2. The van der Waals surface area contributed by atoms with Crippen LogP contribution >= 0.6 is 0 Å². The molecular formula is C27H26FN3O3. The molecule has 0 atom stereocenters. The lowest BCUT2D eigenvalue weighted by molar-refractivity contribution is -0.136. The number of likely N-dealkylation sites (N-methyl/N-ethyl adjacent to an activating group) is 1. The van der Waals surface area contributed by atoms with Gasteiger partial charge in [-0.15, -0.1) is 0 Å². The minimum Gasteiger partial charge on any atom is -0.481 e. The number of nitrogens with one attached hydrogen (secondary N) is 2. The van der Waals surface area contributed by atoms with Gasteiger partial charge < -0.3 is 20.6 Å². The molecule has 0 radical (unpaired) electrons. The van der Waals surface area contributed by atoms with Crippen molar-refractivity contribution in [3.8, 4) is 0 Å². The second-order valence-electron chi connectivity index (χ2n) is 8.54. The maximum Gasteiger partial charge on any atom is 0.307 e. The summed E-state index contributed by atoms with van der Waals surface area (Å²) < 4.78 is 13.8. The van der Waals surface area contributed by atoms with E-state index in [9.17, 15) is 14.0 Å². The highest BCUT2D eigenvalue weighted by atomic mass is 19.1. The number of fused-ring (bicyclic) bond motifs is 1. The van der Waals surface area contributed by atoms with Crippen molar-refractivity contribution in [3.05, 3.63) is 94.8 Å². The van der Waals surface area contributed by atoms with Crippen LogP contribution < -0.4 is 10.6 Å². The average Bonchev–Trinajstić information content (AvgIpc) is 3.11. The van der Waals surface area contributed by atoms with Gasteiger partial charge in [-0.3, -0.25) is 9.59 Å². The molecule has 3 N–H and O–H groups in total. The Morgan fingerprint density at radius 2 is 1.68 bits per heavy atom. The normalized spacial score (nSPS) is 14.1. The number of hydrogen-bond acceptors (Lipinski definition) is 4. The molecular weight excluding hydrogens is 433 g/mol. The van der Waals surface area contributed by atoms with Gasteiger partial charge in [0.15, 0.2) is 0 Å². The first-order chi connectivity index (χ1) is 16.3. The molecule has 3 aromatic rings. The van der Waals surface area contributed by atoms with Gasteiger partial charge in [-0.05, 0) is 67.5 Å². The molecule has 0 unspecified atom stereocenters. The molecule has 4 rings (SSSR count). The molecule has 1 heterocycles. The first-order valence-electron chi connectivity index (χ1n) is 11.0. The zero-order chi connectivity index (χ0) is 24.2. The fourth-order valence-corrected chi connectivity index (χ4v) is 3.89. The maximum absolute atomic E-state index is 13.8. The van der Waals surface area contributed by atoms with Crippen LogP contribution in [0.4, 0.5) is 15.8 Å². The van der Waals surface area contributed by atoms with Crippen molar-refractivity contribution in [2.75, 3.05) is 31.3 Å². The molecule has 0 aromatic heterocycles. The van der Waals surface area contributed by atoms with E-state index < -0.39 is 11.8 Å². The van der Waals surface area contributed by atoms with Crippen LogP contribution in [-0.2, 0) is 22.4 Å². The number of anilines is 2. The lowest BCUT2D eigenvalue weighted by Gasteiger charge is -2.16. The van der Waals surface area contributed by atoms with Gasteiger partial charge in [0.1, 0.15) is 5.82 Å². The lowest BCUT2D eigenvalue weighted by atomic mass is 9.98. The van der Waals surface area contributed by atoms with E-state index in [2.05, 4.69) is 15.5 Å². The van der Waals surface area contributed by atoms with E-state index >= 15 is 0 Å². The van der Waals surface area contributed by atoms with E-state index in [1.165, 1.54) is 17.7 Å². The minimum absolute atomic E-state index is 0.0867. The zero-order valence-corrected chi connectivity index (χ0v) is 19.1. The van der Waals surface area contributed by atoms with Crippen LogP contribution in [0.2, 0.25) is 0 Å². The van der Waals surface area contributed by atoms with Gasteiger partial charge >= 0.3 is 5.97 Å². The van der Waals surface area contributed by atoms with Gasteiger partial charge in [0.25, 0.3) is 5.91 Å². The summed E-state index contributed by atoms with van der Waals surface area (Å²) in [6, 6.07) is 19.3. The molecule has 1 aliphatic heterocycles. The number of aliphatic carboxylic acids is 1. The highest BCUT2D eigenvalue weighted by Gasteiger charge is 2.28. The molecule has 0 saturated carbocycles. The summed E-state index contributed by atoms with van der Waals surface area (Å²) in [5.74, 6) is -1.67. The summed E-state index contributed by atoms with van der Waals surface area (Å²) in [5, 5.41) is 15.2. The predicted molar refractivity (Wildman–Crippen MR) is 132 cm³/mol. The summed E-state index contributed by atoms with van der Waals surface area (Å²) >= 11 is 0. The van der Waals surface area contributed by atoms with Crippen LogP contribution in [0.3, 0.4) is 0 Å². The van der Waals surface area contributed by atoms with E-state index in [-0.39, 0.29) is 12.3 Å². The van der Waals surface area contributed by atoms with E-state index in [0.717, 1.165) is 18.7 Å². The summed E-state index contributed by atoms with van der Waals surface area (Å²) in [7, 11) is 4.07. The Morgan fingerprint density at radius 3 is 2.32 bits per heavy atom. The Labute approximate surface area is 197 Å². The zero-order valence-electron chi connectivity index (χ0n) is 19.1. The minimum atomic E-state index is -0.912. The van der Waals surface area contributed by atoms with E-state index in [1.807, 2.05) is 38.4 Å². The number of carbonyl (C=O) groups is 2. The number of nitrogens with zero attached hydrogens (tertiary/aromatic N) is 1. The smallest absolute Gasteiger partial charge is 0.307 e. The standard InChI is InChI=1S/C27H26FN3O3/c1-31(2)14-13-17-5-10-21(11-6-17)29-26(19-7-3-18(4-8-19)15-24(32)33)25-22-12-9-20(28)16-23(22)30-27(25)34/h3-12,16,29H,13-15H2,1-2H3,(H,30,34)(H,32,33)/b26-25-. The van der Waals surface area contributed by atoms with E-state index in [0.29, 0.717) is 33.6 Å². The number of rotatable bonds is 8. The van der Waals surface area contributed by atoms with Crippen LogP contribution in [-0.4, -0.2) is 42.5 Å². The number of carboxylic acids is 1. The number of carbonyl (C=O) groups excluding carboxylic acids is 1. The van der Waals surface area contributed by atoms with E-state index in [4.69, 9.17) is 5.11 Å². The molecule has 7 heteroatoms. The van der Waals surface area contributed by atoms with Crippen molar-refractivity contribution < 1.29 is 19.1 Å². The Morgan fingerprint density at radius 1 is 1.00 bits per heavy atom. The lowest BCUT2D eigenvalue weighted by Crippen LogP contribution is -2.15. The van der Waals surface area contributed by atoms with Gasteiger partial charge in [0.2, 0.25) is 0 Å². The molecule has 34 heavy (non-hydrogen) atoms. The monoisotopic (exact) mass is 459 g/mol. The van der Waals surface area contributed by atoms with Crippen LogP contribution in [0.15, 0.2) is 66.7 Å². The number of carboxylic acid groups (broad SMARTS) is 1. The van der Waals surface area contributed by atoms with Crippen LogP contribution in [0.25, 0.3) is 11.3 Å². The Kier molecular flexibility index (Phi) is 6.75. The van der Waals surface area contributed by atoms with Crippen molar-refractivity contribution in [2.45, 2.75) is 12.8 Å². The molecule has 3 aromatic carbocycles. The summed E-state index contributed by atoms with van der Waals surface area (Å²) in [6.07, 6.45) is 0.838. The van der Waals surface area contributed by atoms with Crippen molar-refractivity contribution in [3.63, 3.8) is 0 Å². The van der Waals surface area contributed by atoms with Gasteiger partial charge in [0.05, 0.1) is 23.4 Å². The second-order valence-corrected chi connectivity index (χ2v) is 8.54. The largest absolute Gasteiger partial charge is 0.481 e. The van der Waals surface area contributed by atoms with Crippen molar-refractivity contribution in [1.82, 2.24) is 4.90 Å². The Balaban J connectivity index is 1.73. The van der Waals surface area contributed by atoms with Gasteiger partial charge in [-0.25, -0.2) is 4.39 Å². The molecule has 1 aliphatic rings. The quantitative estimate of drug-likeness (QED) is 0.433. The molecule has 0 spiro atoms. The van der Waals surface area contributed by atoms with Crippen LogP contribution in [0.5, 0.6) is 0 Å². The third kappa shape index (κ3) is 5.32. The van der Waals surface area contributed by atoms with Crippen molar-refractivity contribution in [2.24, 2.45) is 0 Å². The fourth-order valence-electron chi connectivity index (χ4n) is 3.89. The molecule has 0 aliphatic carbocycles. The number of hydrogen-bond donors (Lipinski definition) is 3. The molecule has 1 amide bonds. The molecule has 0 bridgehead atoms. The van der Waals surface area contributed by atoms with Gasteiger partial charge in [-0.2, -0.15) is 0 Å². The predicted octanol–water partition coefficient (Wildman–Crippen LogP) is 4.49. The summed E-state index contributed by atoms with van der Waals surface area (Å²) in [4.78, 5) is 26.1. The SMILES string of the molecule is CN(C)CCc1ccc(N/C(=C2\C(=O)Nc3cc(F)ccc32)c2ccc(CC(=O)O)cc2)cc1. The highest BCUT2D eigenvalue weighted by Crippen LogP contribution is 2.38. The maximum atomic E-state index is 13.8. The van der Waals surface area contributed by atoms with Crippen LogP contribution in [0, 0.1) is 5.82 Å². The van der Waals surface area contributed by atoms with E-state index in [1.54, 1.807) is 30.3 Å². The van der Waals surface area contributed by atoms with Gasteiger partial charge in [-0.1, -0.05) is 36.4 Å². The summed E-state index contributed by atoms with van der Waals surface area (Å²) in [6.45, 7) is 0.943. The third-order valence-corrected chi connectivity index (χ3v) is 5.65. The first-order valence-corrected chi connectivity index (χ1v) is 11.0. The fraction of sp³-hybridized carbons (Fsp3) is 0.185. The molecule has 0 saturated heterocycles. The Hall–Kier alpha value is -3.97. The number of benzene rings is 3. The molecule has 6 nitrogen and oxygen atoms in total. The highest BCUT2D eigenvalue weighted by molar-refractivity contribution is 6.37. The molecule has 0 fully saturated rings. The van der Waals surface area contributed by atoms with Crippen molar-refractivity contribution >= 4 is 34.5 Å². The number of amides is 1. The van der Waals surface area contributed by atoms with Gasteiger partial charge in [0, 0.05) is 17.8 Å².